The number of carbonyl (C=O) groups excluding carboxylic acids is 2. The molecular weight excluding hydrogens is 304 g/mol. The Morgan fingerprint density at radius 3 is 2.42 bits per heavy atom. The molecule has 2 aromatic rings. The number of ketones is 1. The summed E-state index contributed by atoms with van der Waals surface area (Å²) in [7, 11) is 1.56. The van der Waals surface area contributed by atoms with Crippen molar-refractivity contribution in [3.8, 4) is 5.75 Å². The minimum atomic E-state index is -0.854. The molecule has 24 heavy (non-hydrogen) atoms. The third-order valence-corrected chi connectivity index (χ3v) is 3.49. The summed E-state index contributed by atoms with van der Waals surface area (Å²) in [4.78, 5) is 24.1. The Bertz CT molecular complexity index is 744. The monoisotopic (exact) mass is 324 g/mol. The van der Waals surface area contributed by atoms with Gasteiger partial charge >= 0.3 is 5.97 Å². The maximum atomic E-state index is 12.3. The van der Waals surface area contributed by atoms with Crippen LogP contribution in [0.25, 0.3) is 6.08 Å². The molecule has 124 valence electrons. The fraction of sp³-hybridized carbons (Fsp3) is 0.200. The van der Waals surface area contributed by atoms with Crippen LogP contribution in [0.4, 0.5) is 0 Å². The normalized spacial score (nSPS) is 12.0. The van der Waals surface area contributed by atoms with Gasteiger partial charge in [0.15, 0.2) is 6.10 Å². The van der Waals surface area contributed by atoms with Crippen LogP contribution < -0.4 is 4.74 Å². The highest BCUT2D eigenvalue weighted by Gasteiger charge is 2.18. The summed E-state index contributed by atoms with van der Waals surface area (Å²) in [6.07, 6.45) is 2.14. The van der Waals surface area contributed by atoms with Crippen LogP contribution in [0.5, 0.6) is 5.75 Å². The van der Waals surface area contributed by atoms with Crippen molar-refractivity contribution in [3.63, 3.8) is 0 Å². The molecule has 0 amide bonds. The Hall–Kier alpha value is -2.88. The fourth-order valence-electron chi connectivity index (χ4n) is 2.20. The fourth-order valence-corrected chi connectivity index (χ4v) is 2.20. The standard InChI is InChI=1S/C20H20O4/c1-14-5-4-6-16(13-14)7-12-19(21)24-15(2)20(22)17-8-10-18(23-3)11-9-17/h4-13,15H,1-3H3/b12-7+/t15-/m0/s1. The molecule has 0 aromatic heterocycles. The van der Waals surface area contributed by atoms with Gasteiger partial charge in [0.05, 0.1) is 7.11 Å². The van der Waals surface area contributed by atoms with E-state index in [4.69, 9.17) is 9.47 Å². The second-order valence-corrected chi connectivity index (χ2v) is 5.42. The molecule has 0 saturated heterocycles. The number of Topliss-reactive ketones (excluding diaryl/α,β-unsaturated/α-hetero) is 1. The van der Waals surface area contributed by atoms with Gasteiger partial charge in [0.25, 0.3) is 0 Å². The lowest BCUT2D eigenvalue weighted by molar-refractivity contribution is -0.140. The van der Waals surface area contributed by atoms with E-state index >= 15 is 0 Å². The van der Waals surface area contributed by atoms with E-state index < -0.39 is 12.1 Å². The van der Waals surface area contributed by atoms with Crippen molar-refractivity contribution in [3.05, 3.63) is 71.3 Å². The highest BCUT2D eigenvalue weighted by atomic mass is 16.5. The van der Waals surface area contributed by atoms with Crippen molar-refractivity contribution in [1.29, 1.82) is 0 Å². The van der Waals surface area contributed by atoms with Gasteiger partial charge in [-0.3, -0.25) is 4.79 Å². The third-order valence-electron chi connectivity index (χ3n) is 3.49. The molecule has 0 spiro atoms. The van der Waals surface area contributed by atoms with E-state index in [1.807, 2.05) is 31.2 Å². The number of carbonyl (C=O) groups is 2. The number of rotatable bonds is 6. The van der Waals surface area contributed by atoms with Gasteiger partial charge in [-0.2, -0.15) is 0 Å². The number of methoxy groups -OCH3 is 1. The minimum Gasteiger partial charge on any atom is -0.497 e. The highest BCUT2D eigenvalue weighted by molar-refractivity contribution is 6.01. The molecule has 0 aliphatic carbocycles. The largest absolute Gasteiger partial charge is 0.497 e. The van der Waals surface area contributed by atoms with Crippen LogP contribution in [0.3, 0.4) is 0 Å². The first-order chi connectivity index (χ1) is 11.5. The number of benzene rings is 2. The molecule has 0 N–H and O–H groups in total. The molecule has 0 aliphatic rings. The zero-order valence-corrected chi connectivity index (χ0v) is 14.0. The van der Waals surface area contributed by atoms with Gasteiger partial charge in [0, 0.05) is 11.6 Å². The zero-order valence-electron chi connectivity index (χ0n) is 14.0. The van der Waals surface area contributed by atoms with Gasteiger partial charge in [-0.15, -0.1) is 0 Å². The lowest BCUT2D eigenvalue weighted by atomic mass is 10.1. The number of hydrogen-bond donors (Lipinski definition) is 0. The molecule has 0 radical (unpaired) electrons. The number of esters is 1. The summed E-state index contributed by atoms with van der Waals surface area (Å²) in [5, 5.41) is 0. The molecule has 0 unspecified atom stereocenters. The van der Waals surface area contributed by atoms with Crippen molar-refractivity contribution in [2.75, 3.05) is 7.11 Å². The van der Waals surface area contributed by atoms with Crippen LogP contribution in [0.15, 0.2) is 54.6 Å². The van der Waals surface area contributed by atoms with Gasteiger partial charge in [-0.05, 0) is 49.8 Å². The molecule has 2 rings (SSSR count). The first-order valence-corrected chi connectivity index (χ1v) is 7.63. The molecule has 0 fully saturated rings. The second kappa shape index (κ2) is 8.11. The topological polar surface area (TPSA) is 52.6 Å². The van der Waals surface area contributed by atoms with E-state index in [-0.39, 0.29) is 5.78 Å². The number of aryl methyl sites for hydroxylation is 1. The van der Waals surface area contributed by atoms with Crippen molar-refractivity contribution < 1.29 is 19.1 Å². The van der Waals surface area contributed by atoms with Gasteiger partial charge in [-0.25, -0.2) is 4.79 Å². The van der Waals surface area contributed by atoms with Crippen molar-refractivity contribution >= 4 is 17.8 Å². The minimum absolute atomic E-state index is 0.255. The summed E-state index contributed by atoms with van der Waals surface area (Å²) in [5.74, 6) is -0.141. The zero-order chi connectivity index (χ0) is 17.5. The third kappa shape index (κ3) is 4.81. The van der Waals surface area contributed by atoms with E-state index in [0.29, 0.717) is 11.3 Å². The number of ether oxygens (including phenoxy) is 2. The van der Waals surface area contributed by atoms with Gasteiger partial charge in [0.1, 0.15) is 5.75 Å². The van der Waals surface area contributed by atoms with Crippen LogP contribution in [0, 0.1) is 6.92 Å². The molecule has 1 atom stereocenters. The predicted octanol–water partition coefficient (Wildman–Crippen LogP) is 3.83. The molecular formula is C20H20O4. The summed E-state index contributed by atoms with van der Waals surface area (Å²) in [5.41, 5.74) is 2.48. The quantitative estimate of drug-likeness (QED) is 0.460. The Kier molecular flexibility index (Phi) is 5.90. The first-order valence-electron chi connectivity index (χ1n) is 7.63. The first kappa shape index (κ1) is 17.5. The van der Waals surface area contributed by atoms with Gasteiger partial charge in [0.2, 0.25) is 5.78 Å². The molecule has 4 heteroatoms. The van der Waals surface area contributed by atoms with Crippen LogP contribution in [0.2, 0.25) is 0 Å². The average Bonchev–Trinajstić information content (AvgIpc) is 2.59. The van der Waals surface area contributed by atoms with Crippen LogP contribution in [-0.2, 0) is 9.53 Å². The Balaban J connectivity index is 1.96. The SMILES string of the molecule is COc1ccc(C(=O)[C@H](C)OC(=O)/C=C/c2cccc(C)c2)cc1. The summed E-state index contributed by atoms with van der Waals surface area (Å²) in [6, 6.07) is 14.4. The van der Waals surface area contributed by atoms with Crippen molar-refractivity contribution in [2.24, 2.45) is 0 Å². The van der Waals surface area contributed by atoms with Crippen LogP contribution in [0.1, 0.15) is 28.4 Å². The van der Waals surface area contributed by atoms with Gasteiger partial charge in [-0.1, -0.05) is 29.8 Å². The average molecular weight is 324 g/mol. The maximum absolute atomic E-state index is 12.3. The Morgan fingerprint density at radius 1 is 1.08 bits per heavy atom. The van der Waals surface area contributed by atoms with Crippen LogP contribution >= 0.6 is 0 Å². The summed E-state index contributed by atoms with van der Waals surface area (Å²) in [6.45, 7) is 3.54. The van der Waals surface area contributed by atoms with E-state index in [1.54, 1.807) is 44.4 Å². The van der Waals surface area contributed by atoms with E-state index in [9.17, 15) is 9.59 Å². The van der Waals surface area contributed by atoms with E-state index in [1.165, 1.54) is 6.08 Å². The molecule has 0 aliphatic heterocycles. The molecule has 2 aromatic carbocycles. The Morgan fingerprint density at radius 2 is 1.79 bits per heavy atom. The van der Waals surface area contributed by atoms with E-state index in [2.05, 4.69) is 0 Å². The molecule has 4 nitrogen and oxygen atoms in total. The maximum Gasteiger partial charge on any atom is 0.331 e. The smallest absolute Gasteiger partial charge is 0.331 e. The van der Waals surface area contributed by atoms with Crippen molar-refractivity contribution in [1.82, 2.24) is 0 Å². The lowest BCUT2D eigenvalue weighted by Crippen LogP contribution is -2.23. The predicted molar refractivity (Wildman–Crippen MR) is 93.1 cm³/mol. The lowest BCUT2D eigenvalue weighted by Gasteiger charge is -2.11. The Labute approximate surface area is 141 Å². The van der Waals surface area contributed by atoms with Gasteiger partial charge < -0.3 is 9.47 Å². The molecule has 0 bridgehead atoms. The summed E-state index contributed by atoms with van der Waals surface area (Å²) < 4.78 is 10.2. The van der Waals surface area contributed by atoms with E-state index in [0.717, 1.165) is 11.1 Å². The molecule has 0 heterocycles. The van der Waals surface area contributed by atoms with Crippen molar-refractivity contribution in [2.45, 2.75) is 20.0 Å². The summed E-state index contributed by atoms with van der Waals surface area (Å²) >= 11 is 0. The second-order valence-electron chi connectivity index (χ2n) is 5.42. The van der Waals surface area contributed by atoms with Crippen LogP contribution in [-0.4, -0.2) is 25.0 Å². The number of hydrogen-bond acceptors (Lipinski definition) is 4. The molecule has 0 saturated carbocycles. The highest BCUT2D eigenvalue weighted by Crippen LogP contribution is 2.14.